The van der Waals surface area contributed by atoms with Gasteiger partial charge in [-0.3, -0.25) is 14.3 Å². The molecule has 0 unspecified atom stereocenters. The van der Waals surface area contributed by atoms with Crippen molar-refractivity contribution in [1.29, 1.82) is 0 Å². The van der Waals surface area contributed by atoms with Crippen molar-refractivity contribution < 1.29 is 63.5 Å². The van der Waals surface area contributed by atoms with Gasteiger partial charge >= 0.3 is 0 Å². The maximum atomic E-state index is 12.2. The van der Waals surface area contributed by atoms with Crippen LogP contribution in [0.1, 0.15) is 32.4 Å². The maximum Gasteiger partial charge on any atom is 0.238 e. The van der Waals surface area contributed by atoms with Crippen molar-refractivity contribution >= 4 is 16.9 Å². The van der Waals surface area contributed by atoms with Crippen LogP contribution in [0.5, 0.6) is 34.5 Å². The van der Waals surface area contributed by atoms with Crippen molar-refractivity contribution in [1.82, 2.24) is 20.3 Å². The molecule has 4 rings (SSSR count). The van der Waals surface area contributed by atoms with Gasteiger partial charge < -0.3 is 64.1 Å². The summed E-state index contributed by atoms with van der Waals surface area (Å²) in [4.78, 5) is 23.1. The third-order valence-corrected chi connectivity index (χ3v) is 7.28. The third-order valence-electron chi connectivity index (χ3n) is 7.28. The zero-order valence-electron chi connectivity index (χ0n) is 29.9. The molecule has 4 aromatic rings. The number of ether oxygens (including phenoxy) is 5. The molecule has 292 valence electrons. The molecule has 53 heavy (non-hydrogen) atoms. The number of fused-ring (bicyclic) bond motifs is 1. The second-order valence-electron chi connectivity index (χ2n) is 11.9. The number of aromatic hydroxyl groups is 6. The minimum absolute atomic E-state index is 0.0281. The highest BCUT2D eigenvalue weighted by Gasteiger charge is 2.21. The summed E-state index contributed by atoms with van der Waals surface area (Å²) in [5.41, 5.74) is -0.450. The lowest BCUT2D eigenvalue weighted by Crippen LogP contribution is -2.20. The number of nitrogens with zero attached hydrogens (tertiary/aromatic N) is 3. The quantitative estimate of drug-likeness (QED) is 0.0477. The van der Waals surface area contributed by atoms with Crippen LogP contribution in [0.4, 0.5) is 0 Å². The molecular formula is C35H48N4O14. The molecule has 18 nitrogen and oxygen atoms in total. The predicted octanol–water partition coefficient (Wildman–Crippen LogP) is 2.74. The average Bonchev–Trinajstić information content (AvgIpc) is 3.58. The highest BCUT2D eigenvalue weighted by molar-refractivity contribution is 5.88. The summed E-state index contributed by atoms with van der Waals surface area (Å²) in [7, 11) is 1.61. The average molecular weight is 749 g/mol. The van der Waals surface area contributed by atoms with Gasteiger partial charge in [-0.2, -0.15) is 0 Å². The molecule has 0 aliphatic carbocycles. The topological polar surface area (TPSA) is 258 Å². The van der Waals surface area contributed by atoms with E-state index >= 15 is 0 Å². The van der Waals surface area contributed by atoms with E-state index in [2.05, 4.69) is 29.5 Å². The van der Waals surface area contributed by atoms with E-state index in [1.165, 1.54) is 0 Å². The second-order valence-corrected chi connectivity index (χ2v) is 11.9. The summed E-state index contributed by atoms with van der Waals surface area (Å²) in [5.74, 6) is -3.78. The Bertz CT molecular complexity index is 1770. The monoisotopic (exact) mass is 748 g/mol. The number of phenols is 5. The first-order valence-corrected chi connectivity index (χ1v) is 16.9. The number of rotatable bonds is 21. The van der Waals surface area contributed by atoms with Crippen molar-refractivity contribution in [2.75, 3.05) is 66.5 Å². The number of hydrogen-bond acceptors (Lipinski definition) is 16. The fraction of sp³-hybridized carbons (Fsp3) is 0.486. The van der Waals surface area contributed by atoms with E-state index in [1.807, 2.05) is 10.9 Å². The second kappa shape index (κ2) is 22.0. The molecule has 1 amide bonds. The number of nitrogens with one attached hydrogen (secondary N) is 1. The van der Waals surface area contributed by atoms with E-state index in [-0.39, 0.29) is 28.2 Å². The molecule has 0 aliphatic rings. The van der Waals surface area contributed by atoms with Gasteiger partial charge in [-0.15, -0.1) is 5.10 Å². The fourth-order valence-electron chi connectivity index (χ4n) is 4.46. The van der Waals surface area contributed by atoms with Crippen LogP contribution in [0.3, 0.4) is 0 Å². The van der Waals surface area contributed by atoms with Crippen LogP contribution >= 0.6 is 0 Å². The Morgan fingerprint density at radius 3 is 1.92 bits per heavy atom. The van der Waals surface area contributed by atoms with Crippen molar-refractivity contribution in [2.45, 2.75) is 39.8 Å². The van der Waals surface area contributed by atoms with Crippen molar-refractivity contribution in [3.63, 3.8) is 0 Å². The third kappa shape index (κ3) is 14.1. The lowest BCUT2D eigenvalue weighted by atomic mass is 10.1. The van der Waals surface area contributed by atoms with Gasteiger partial charge in [0.05, 0.1) is 72.3 Å². The molecule has 0 radical (unpaired) electrons. The number of benzene rings is 2. The predicted molar refractivity (Wildman–Crippen MR) is 189 cm³/mol. The SMILES string of the molecule is CNC(=O)CCOCCOCCOCCOCCOCc1cn(CCC(C)C)nn1.O=c1c(O)c(-c2cc(O)c(O)c(O)c2)oc2cc(O)cc(O)c12. The highest BCUT2D eigenvalue weighted by atomic mass is 16.6. The van der Waals surface area contributed by atoms with Crippen LogP contribution in [0.25, 0.3) is 22.3 Å². The molecule has 0 spiro atoms. The number of amides is 1. The summed E-state index contributed by atoms with van der Waals surface area (Å²) in [6.07, 6.45) is 3.38. The van der Waals surface area contributed by atoms with Crippen molar-refractivity contribution in [2.24, 2.45) is 5.92 Å². The zero-order valence-corrected chi connectivity index (χ0v) is 29.9. The Morgan fingerprint density at radius 2 is 1.36 bits per heavy atom. The number of carbonyl (C=O) groups excluding carboxylic acids is 1. The van der Waals surface area contributed by atoms with E-state index in [0.29, 0.717) is 78.4 Å². The zero-order chi connectivity index (χ0) is 38.8. The number of aromatic nitrogens is 3. The molecule has 0 fully saturated rings. The van der Waals surface area contributed by atoms with Gasteiger partial charge in [0, 0.05) is 37.7 Å². The largest absolute Gasteiger partial charge is 0.508 e. The van der Waals surface area contributed by atoms with Crippen LogP contribution in [-0.4, -0.2) is 118 Å². The highest BCUT2D eigenvalue weighted by Crippen LogP contribution is 2.42. The van der Waals surface area contributed by atoms with Gasteiger partial charge in [0.2, 0.25) is 17.1 Å². The van der Waals surface area contributed by atoms with Crippen LogP contribution in [-0.2, 0) is 41.6 Å². The van der Waals surface area contributed by atoms with E-state index in [0.717, 1.165) is 42.9 Å². The van der Waals surface area contributed by atoms with Gasteiger partial charge in [0.1, 0.15) is 28.2 Å². The number of phenolic OH excluding ortho intramolecular Hbond substituents is 5. The molecule has 0 aliphatic heterocycles. The van der Waals surface area contributed by atoms with Crippen LogP contribution in [0.15, 0.2) is 39.7 Å². The smallest absolute Gasteiger partial charge is 0.238 e. The van der Waals surface area contributed by atoms with Crippen LogP contribution < -0.4 is 10.7 Å². The summed E-state index contributed by atoms with van der Waals surface area (Å²) >= 11 is 0. The molecule has 0 atom stereocenters. The molecule has 18 heteroatoms. The molecule has 2 aromatic heterocycles. The first kappa shape index (κ1) is 42.3. The van der Waals surface area contributed by atoms with Crippen LogP contribution in [0, 0.1) is 5.92 Å². The van der Waals surface area contributed by atoms with Gasteiger partial charge in [-0.1, -0.05) is 19.1 Å². The lowest BCUT2D eigenvalue weighted by molar-refractivity contribution is -0.121. The number of aryl methyl sites for hydroxylation is 1. The summed E-state index contributed by atoms with van der Waals surface area (Å²) < 4.78 is 34.2. The standard InChI is InChI=1S/C20H38N4O6.C15H10O8/c1-18(2)4-6-24-16-19(22-23-24)17-30-15-14-29-13-12-28-11-10-27-9-8-26-7-5-20(25)21-3;16-6-3-7(17)11-10(4-6)23-15(14(22)13(11)21)5-1-8(18)12(20)9(19)2-5/h16,18H,4-15,17H2,1-3H3,(H,21,25);1-4,16-20,22H. The molecule has 0 saturated heterocycles. The first-order valence-electron chi connectivity index (χ1n) is 16.9. The number of carbonyl (C=O) groups is 1. The Morgan fingerprint density at radius 1 is 0.792 bits per heavy atom. The summed E-state index contributed by atoms with van der Waals surface area (Å²) in [6, 6.07) is 3.89. The minimum atomic E-state index is -0.967. The van der Waals surface area contributed by atoms with E-state index in [1.54, 1.807) is 7.05 Å². The fourth-order valence-corrected chi connectivity index (χ4v) is 4.46. The summed E-state index contributed by atoms with van der Waals surface area (Å²) in [5, 5.41) is 67.9. The van der Waals surface area contributed by atoms with Crippen molar-refractivity contribution in [3.05, 3.63) is 46.4 Å². The van der Waals surface area contributed by atoms with Gasteiger partial charge in [0.15, 0.2) is 23.0 Å². The molecule has 7 N–H and O–H groups in total. The van der Waals surface area contributed by atoms with E-state index < -0.39 is 39.9 Å². The molecule has 2 heterocycles. The Hall–Kier alpha value is -5.14. The Labute approximate surface area is 305 Å². The lowest BCUT2D eigenvalue weighted by Gasteiger charge is -2.09. The molecule has 2 aromatic carbocycles. The van der Waals surface area contributed by atoms with Gasteiger partial charge in [-0.05, 0) is 24.5 Å². The summed E-state index contributed by atoms with van der Waals surface area (Å²) in [6.45, 7) is 10.1. The first-order chi connectivity index (χ1) is 25.4. The molecular weight excluding hydrogens is 700 g/mol. The van der Waals surface area contributed by atoms with E-state index in [4.69, 9.17) is 28.1 Å². The van der Waals surface area contributed by atoms with Crippen molar-refractivity contribution in [3.8, 4) is 45.8 Å². The van der Waals surface area contributed by atoms with Gasteiger partial charge in [-0.25, -0.2) is 0 Å². The normalized spacial score (nSPS) is 11.2. The molecule has 0 bridgehead atoms. The van der Waals surface area contributed by atoms with Crippen LogP contribution in [0.2, 0.25) is 0 Å². The minimum Gasteiger partial charge on any atom is -0.508 e. The van der Waals surface area contributed by atoms with E-state index in [9.17, 15) is 40.2 Å². The number of hydrogen-bond donors (Lipinski definition) is 7. The Balaban J connectivity index is 0.000000294. The van der Waals surface area contributed by atoms with Gasteiger partial charge in [0.25, 0.3) is 0 Å². The maximum absolute atomic E-state index is 12.2. The molecule has 0 saturated carbocycles. The Kier molecular flexibility index (Phi) is 17.6.